The Kier molecular flexibility index (Phi) is 9.40. The van der Waals surface area contributed by atoms with Gasteiger partial charge in [-0.25, -0.2) is 24.8 Å². The molecule has 0 aliphatic rings. The Morgan fingerprint density at radius 3 is 2.11 bits per heavy atom. The summed E-state index contributed by atoms with van der Waals surface area (Å²) in [6, 6.07) is 18.9. The summed E-state index contributed by atoms with van der Waals surface area (Å²) in [5.74, 6) is -2.98. The average molecular weight is 496 g/mol. The van der Waals surface area contributed by atoms with Crippen molar-refractivity contribution in [1.29, 1.82) is 0 Å². The molecule has 0 aliphatic carbocycles. The maximum atomic E-state index is 13.3. The summed E-state index contributed by atoms with van der Waals surface area (Å²) in [5.41, 5.74) is 4.46. The number of hydroxylamine groups is 1. The molecule has 1 heterocycles. The number of rotatable bonds is 12. The zero-order chi connectivity index (χ0) is 26.1. The number of nitrogens with one attached hydrogen (secondary N) is 3. The molecule has 10 heteroatoms. The second kappa shape index (κ2) is 12.7. The summed E-state index contributed by atoms with van der Waals surface area (Å²) in [6.07, 6.45) is 1.98. The lowest BCUT2D eigenvalue weighted by Crippen LogP contribution is -2.46. The molecule has 10 nitrogen and oxygen atoms in total. The van der Waals surface area contributed by atoms with Crippen LogP contribution < -0.4 is 22.3 Å². The summed E-state index contributed by atoms with van der Waals surface area (Å²) >= 11 is 0. The fourth-order valence-corrected chi connectivity index (χ4v) is 4.32. The van der Waals surface area contributed by atoms with E-state index >= 15 is 0 Å². The van der Waals surface area contributed by atoms with Gasteiger partial charge in [0.15, 0.2) is 0 Å². The highest BCUT2D eigenvalue weighted by atomic mass is 16.5. The van der Waals surface area contributed by atoms with E-state index < -0.39 is 35.0 Å². The van der Waals surface area contributed by atoms with Crippen LogP contribution in [0.1, 0.15) is 44.2 Å². The standard InChI is InChI=1S/C26H33N5O5/c1-18(2)16-22(21(24(33)29-36)15-9-14-19-10-5-3-6-11-19)23(32)27-31-25(34)28-30(26(31)35)17-20-12-7-4-8-13-20/h3-8,10-13,18,21-22,36H,9,14-17H2,1-2H3,(H,27,32)(H,28,34)(H,29,33)/t21-,22+/m0/s1. The highest BCUT2D eigenvalue weighted by molar-refractivity contribution is 5.91. The number of hydrogen-bond acceptors (Lipinski definition) is 5. The first-order valence-electron chi connectivity index (χ1n) is 12.0. The van der Waals surface area contributed by atoms with Crippen molar-refractivity contribution in [2.24, 2.45) is 17.8 Å². The smallest absolute Gasteiger partial charge is 0.289 e. The van der Waals surface area contributed by atoms with E-state index in [4.69, 9.17) is 0 Å². The number of benzene rings is 2. The van der Waals surface area contributed by atoms with Gasteiger partial charge in [-0.05, 0) is 42.7 Å². The summed E-state index contributed by atoms with van der Waals surface area (Å²) in [6.45, 7) is 3.95. The molecule has 2 amide bonds. The number of amides is 2. The van der Waals surface area contributed by atoms with Gasteiger partial charge in [0, 0.05) is 0 Å². The maximum Gasteiger partial charge on any atom is 0.366 e. The molecule has 0 saturated heterocycles. The summed E-state index contributed by atoms with van der Waals surface area (Å²) in [4.78, 5) is 51.2. The van der Waals surface area contributed by atoms with Crippen LogP contribution in [0.15, 0.2) is 70.3 Å². The number of aromatic amines is 1. The van der Waals surface area contributed by atoms with Gasteiger partial charge in [0.1, 0.15) is 0 Å². The minimum Gasteiger partial charge on any atom is -0.289 e. The third-order valence-corrected chi connectivity index (χ3v) is 6.08. The number of carbonyl (C=O) groups is 2. The molecular weight excluding hydrogens is 462 g/mol. The van der Waals surface area contributed by atoms with Gasteiger partial charge in [0.2, 0.25) is 11.8 Å². The first kappa shape index (κ1) is 26.7. The lowest BCUT2D eigenvalue weighted by atomic mass is 9.81. The topological polar surface area (TPSA) is 138 Å². The van der Waals surface area contributed by atoms with E-state index in [2.05, 4.69) is 10.5 Å². The molecule has 0 radical (unpaired) electrons. The summed E-state index contributed by atoms with van der Waals surface area (Å²) in [7, 11) is 0. The zero-order valence-corrected chi connectivity index (χ0v) is 20.5. The Hall–Kier alpha value is -3.92. The first-order chi connectivity index (χ1) is 17.3. The Morgan fingerprint density at radius 1 is 0.917 bits per heavy atom. The van der Waals surface area contributed by atoms with Gasteiger partial charge in [0.25, 0.3) is 0 Å². The van der Waals surface area contributed by atoms with Crippen LogP contribution >= 0.6 is 0 Å². The molecule has 2 aromatic carbocycles. The van der Waals surface area contributed by atoms with Crippen LogP contribution in [0, 0.1) is 17.8 Å². The zero-order valence-electron chi connectivity index (χ0n) is 20.5. The largest absolute Gasteiger partial charge is 0.366 e. The third-order valence-electron chi connectivity index (χ3n) is 6.08. The maximum absolute atomic E-state index is 13.3. The molecule has 0 fully saturated rings. The Labute approximate surface area is 208 Å². The molecule has 3 aromatic rings. The van der Waals surface area contributed by atoms with Crippen molar-refractivity contribution in [2.75, 3.05) is 5.43 Å². The van der Waals surface area contributed by atoms with Gasteiger partial charge in [-0.2, -0.15) is 0 Å². The van der Waals surface area contributed by atoms with Crippen molar-refractivity contribution in [2.45, 2.75) is 46.1 Å². The molecule has 1 aromatic heterocycles. The predicted molar refractivity (Wildman–Crippen MR) is 135 cm³/mol. The fraction of sp³-hybridized carbons (Fsp3) is 0.385. The lowest BCUT2D eigenvalue weighted by Gasteiger charge is -2.26. The van der Waals surface area contributed by atoms with Gasteiger partial charge in [-0.3, -0.25) is 20.2 Å². The number of nitrogens with zero attached hydrogens (tertiary/aromatic N) is 2. The van der Waals surface area contributed by atoms with Gasteiger partial charge in [-0.1, -0.05) is 74.5 Å². The second-order valence-electron chi connectivity index (χ2n) is 9.28. The fourth-order valence-electron chi connectivity index (χ4n) is 4.32. The van der Waals surface area contributed by atoms with Crippen LogP contribution in [-0.4, -0.2) is 31.5 Å². The van der Waals surface area contributed by atoms with Crippen molar-refractivity contribution in [1.82, 2.24) is 19.9 Å². The monoisotopic (exact) mass is 495 g/mol. The third kappa shape index (κ3) is 7.05. The molecule has 0 saturated carbocycles. The lowest BCUT2D eigenvalue weighted by molar-refractivity contribution is -0.139. The normalized spacial score (nSPS) is 12.8. The van der Waals surface area contributed by atoms with Gasteiger partial charge < -0.3 is 0 Å². The predicted octanol–water partition coefficient (Wildman–Crippen LogP) is 2.26. The van der Waals surface area contributed by atoms with Crippen molar-refractivity contribution < 1.29 is 14.8 Å². The van der Waals surface area contributed by atoms with Crippen LogP contribution in [0.2, 0.25) is 0 Å². The van der Waals surface area contributed by atoms with E-state index in [0.29, 0.717) is 30.4 Å². The second-order valence-corrected chi connectivity index (χ2v) is 9.28. The molecule has 4 N–H and O–H groups in total. The SMILES string of the molecule is CC(C)C[C@@H](C(=O)Nn1c(=O)[nH]n(Cc2ccccc2)c1=O)[C@H](CCCc1ccccc1)C(=O)NO. The van der Waals surface area contributed by atoms with Crippen LogP contribution in [0.4, 0.5) is 0 Å². The Balaban J connectivity index is 1.79. The molecule has 36 heavy (non-hydrogen) atoms. The number of aryl methyl sites for hydroxylation is 1. The van der Waals surface area contributed by atoms with Gasteiger partial charge >= 0.3 is 11.4 Å². The Morgan fingerprint density at radius 2 is 1.53 bits per heavy atom. The minimum absolute atomic E-state index is 0.0431. The summed E-state index contributed by atoms with van der Waals surface area (Å²) in [5, 5.41) is 11.8. The summed E-state index contributed by atoms with van der Waals surface area (Å²) < 4.78 is 1.73. The van der Waals surface area contributed by atoms with E-state index in [1.165, 1.54) is 0 Å². The number of aromatic nitrogens is 3. The van der Waals surface area contributed by atoms with E-state index in [9.17, 15) is 24.4 Å². The number of hydrogen-bond donors (Lipinski definition) is 4. The molecule has 0 bridgehead atoms. The van der Waals surface area contributed by atoms with Gasteiger partial charge in [0.05, 0.1) is 18.4 Å². The molecule has 192 valence electrons. The van der Waals surface area contributed by atoms with Crippen molar-refractivity contribution in [3.8, 4) is 0 Å². The molecule has 3 rings (SSSR count). The van der Waals surface area contributed by atoms with E-state index in [1.54, 1.807) is 5.48 Å². The van der Waals surface area contributed by atoms with Gasteiger partial charge in [-0.15, -0.1) is 4.68 Å². The van der Waals surface area contributed by atoms with Crippen LogP contribution in [0.25, 0.3) is 0 Å². The number of carbonyl (C=O) groups excluding carboxylic acids is 2. The van der Waals surface area contributed by atoms with Crippen LogP contribution in [-0.2, 0) is 22.6 Å². The van der Waals surface area contributed by atoms with Crippen LogP contribution in [0.3, 0.4) is 0 Å². The Bertz CT molecular complexity index is 1250. The molecule has 0 spiro atoms. The molecule has 0 aliphatic heterocycles. The highest BCUT2D eigenvalue weighted by Crippen LogP contribution is 2.26. The van der Waals surface area contributed by atoms with Crippen LogP contribution in [0.5, 0.6) is 0 Å². The quantitative estimate of drug-likeness (QED) is 0.226. The van der Waals surface area contributed by atoms with Crippen molar-refractivity contribution >= 4 is 11.8 Å². The van der Waals surface area contributed by atoms with E-state index in [1.807, 2.05) is 74.5 Å². The van der Waals surface area contributed by atoms with Crippen molar-refractivity contribution in [3.63, 3.8) is 0 Å². The average Bonchev–Trinajstić information content (AvgIpc) is 3.13. The highest BCUT2D eigenvalue weighted by Gasteiger charge is 2.34. The number of H-pyrrole nitrogens is 1. The minimum atomic E-state index is -0.864. The molecular formula is C26H33N5O5. The van der Waals surface area contributed by atoms with Crippen molar-refractivity contribution in [3.05, 3.63) is 92.8 Å². The first-order valence-corrected chi connectivity index (χ1v) is 12.0. The molecule has 0 unspecified atom stereocenters. The van der Waals surface area contributed by atoms with E-state index in [-0.39, 0.29) is 12.5 Å². The molecule has 2 atom stereocenters. The van der Waals surface area contributed by atoms with E-state index in [0.717, 1.165) is 15.8 Å².